The summed E-state index contributed by atoms with van der Waals surface area (Å²) < 4.78 is 15.9. The van der Waals surface area contributed by atoms with Crippen LogP contribution in [0.15, 0.2) is 36.4 Å². The molecule has 0 saturated carbocycles. The Balaban J connectivity index is 2.08. The third-order valence-electron chi connectivity index (χ3n) is 3.62. The Morgan fingerprint density at radius 2 is 1.65 bits per heavy atom. The Morgan fingerprint density at radius 1 is 1.00 bits per heavy atom. The van der Waals surface area contributed by atoms with Crippen molar-refractivity contribution in [1.29, 1.82) is 0 Å². The van der Waals surface area contributed by atoms with Gasteiger partial charge in [-0.15, -0.1) is 0 Å². The molecule has 2 aromatic rings. The van der Waals surface area contributed by atoms with Crippen molar-refractivity contribution in [2.24, 2.45) is 0 Å². The van der Waals surface area contributed by atoms with E-state index in [0.717, 1.165) is 5.56 Å². The molecule has 0 atom stereocenters. The van der Waals surface area contributed by atoms with E-state index in [1.807, 2.05) is 0 Å². The van der Waals surface area contributed by atoms with E-state index >= 15 is 0 Å². The molecule has 0 aliphatic carbocycles. The maximum absolute atomic E-state index is 12.1. The lowest BCUT2D eigenvalue weighted by molar-refractivity contribution is -0.116. The van der Waals surface area contributed by atoms with Gasteiger partial charge in [0.1, 0.15) is 5.75 Å². The molecular formula is C19H19Cl2NO4. The highest BCUT2D eigenvalue weighted by atomic mass is 35.5. The van der Waals surface area contributed by atoms with Crippen LogP contribution in [0.2, 0.25) is 10.0 Å². The fourth-order valence-electron chi connectivity index (χ4n) is 2.27. The van der Waals surface area contributed by atoms with Crippen LogP contribution < -0.4 is 19.5 Å². The first-order chi connectivity index (χ1) is 12.5. The zero-order valence-corrected chi connectivity index (χ0v) is 16.1. The monoisotopic (exact) mass is 395 g/mol. The van der Waals surface area contributed by atoms with Crippen LogP contribution in [0.4, 0.5) is 0 Å². The molecule has 0 aliphatic heterocycles. The number of hydrogen-bond donors (Lipinski definition) is 1. The van der Waals surface area contributed by atoms with Gasteiger partial charge in [-0.25, -0.2) is 0 Å². The molecule has 0 bridgehead atoms. The van der Waals surface area contributed by atoms with Crippen LogP contribution in [0.3, 0.4) is 0 Å². The Labute approximate surface area is 162 Å². The predicted octanol–water partition coefficient (Wildman–Crippen LogP) is 4.35. The summed E-state index contributed by atoms with van der Waals surface area (Å²) in [5, 5.41) is 3.81. The van der Waals surface area contributed by atoms with Crippen molar-refractivity contribution in [3.05, 3.63) is 57.6 Å². The fourth-order valence-corrected chi connectivity index (χ4v) is 2.75. The number of carbonyl (C=O) groups excluding carboxylic acids is 1. The number of hydrogen-bond acceptors (Lipinski definition) is 4. The molecule has 138 valence electrons. The summed E-state index contributed by atoms with van der Waals surface area (Å²) in [6.45, 7) is 0.265. The molecule has 0 aromatic heterocycles. The molecule has 7 heteroatoms. The summed E-state index contributed by atoms with van der Waals surface area (Å²) in [6.07, 6.45) is 3.03. The second-order valence-corrected chi connectivity index (χ2v) is 6.08. The number of rotatable bonds is 7. The molecule has 0 aliphatic rings. The van der Waals surface area contributed by atoms with Crippen molar-refractivity contribution in [2.75, 3.05) is 21.3 Å². The van der Waals surface area contributed by atoms with Gasteiger partial charge in [0.05, 0.1) is 21.3 Å². The number of amides is 1. The van der Waals surface area contributed by atoms with Gasteiger partial charge in [0.15, 0.2) is 11.5 Å². The SMILES string of the molecule is COc1cc(OC)c(OC)cc1CNC(=O)/C=C/c1ccc(Cl)cc1Cl. The summed E-state index contributed by atoms with van der Waals surface area (Å²) in [5.41, 5.74) is 1.46. The second-order valence-electron chi connectivity index (χ2n) is 5.24. The fraction of sp³-hybridized carbons (Fsp3) is 0.211. The van der Waals surface area contributed by atoms with E-state index in [2.05, 4.69) is 5.32 Å². The molecule has 0 unspecified atom stereocenters. The molecule has 2 rings (SSSR count). The lowest BCUT2D eigenvalue weighted by Crippen LogP contribution is -2.20. The number of benzene rings is 2. The number of carbonyl (C=O) groups is 1. The summed E-state index contributed by atoms with van der Waals surface area (Å²) in [6, 6.07) is 8.54. The normalized spacial score (nSPS) is 10.7. The Hall–Kier alpha value is -2.37. The molecule has 0 radical (unpaired) electrons. The summed E-state index contributed by atoms with van der Waals surface area (Å²) >= 11 is 11.9. The first-order valence-corrected chi connectivity index (χ1v) is 8.44. The van der Waals surface area contributed by atoms with Crippen LogP contribution in [0.25, 0.3) is 6.08 Å². The first-order valence-electron chi connectivity index (χ1n) is 7.68. The molecule has 2 aromatic carbocycles. The Bertz CT molecular complexity index is 821. The van der Waals surface area contributed by atoms with Crippen molar-refractivity contribution < 1.29 is 19.0 Å². The number of halogens is 2. The number of nitrogens with one attached hydrogen (secondary N) is 1. The summed E-state index contributed by atoms with van der Waals surface area (Å²) in [5.74, 6) is 1.43. The highest BCUT2D eigenvalue weighted by Gasteiger charge is 2.12. The lowest BCUT2D eigenvalue weighted by Gasteiger charge is -2.14. The van der Waals surface area contributed by atoms with Gasteiger partial charge in [-0.05, 0) is 29.8 Å². The van der Waals surface area contributed by atoms with Crippen LogP contribution in [-0.2, 0) is 11.3 Å². The number of ether oxygens (including phenoxy) is 3. The van der Waals surface area contributed by atoms with Gasteiger partial charge in [-0.2, -0.15) is 0 Å². The van der Waals surface area contributed by atoms with Crippen LogP contribution in [0.1, 0.15) is 11.1 Å². The van der Waals surface area contributed by atoms with E-state index in [4.69, 9.17) is 37.4 Å². The van der Waals surface area contributed by atoms with Gasteiger partial charge >= 0.3 is 0 Å². The van der Waals surface area contributed by atoms with Crippen molar-refractivity contribution in [1.82, 2.24) is 5.32 Å². The highest BCUT2D eigenvalue weighted by Crippen LogP contribution is 2.34. The molecule has 1 amide bonds. The molecule has 0 saturated heterocycles. The van der Waals surface area contributed by atoms with Crippen LogP contribution in [0, 0.1) is 0 Å². The van der Waals surface area contributed by atoms with Gasteiger partial charge in [-0.1, -0.05) is 29.3 Å². The minimum absolute atomic E-state index is 0.265. The maximum Gasteiger partial charge on any atom is 0.244 e. The summed E-state index contributed by atoms with van der Waals surface area (Å²) in [4.78, 5) is 12.1. The van der Waals surface area contributed by atoms with Gasteiger partial charge in [0.2, 0.25) is 5.91 Å². The van der Waals surface area contributed by atoms with Gasteiger partial charge in [-0.3, -0.25) is 4.79 Å². The molecule has 5 nitrogen and oxygen atoms in total. The average molecular weight is 396 g/mol. The summed E-state index contributed by atoms with van der Waals surface area (Å²) in [7, 11) is 4.64. The van der Waals surface area contributed by atoms with Crippen molar-refractivity contribution in [2.45, 2.75) is 6.54 Å². The topological polar surface area (TPSA) is 56.8 Å². The molecule has 0 spiro atoms. The minimum atomic E-state index is -0.271. The molecule has 0 fully saturated rings. The van der Waals surface area contributed by atoms with Crippen molar-refractivity contribution >= 4 is 35.2 Å². The smallest absolute Gasteiger partial charge is 0.244 e. The third kappa shape index (κ3) is 5.07. The molecule has 26 heavy (non-hydrogen) atoms. The van der Waals surface area contributed by atoms with Crippen LogP contribution in [-0.4, -0.2) is 27.2 Å². The maximum atomic E-state index is 12.1. The zero-order chi connectivity index (χ0) is 19.1. The molecule has 0 heterocycles. The van der Waals surface area contributed by atoms with E-state index in [0.29, 0.717) is 32.9 Å². The molecular weight excluding hydrogens is 377 g/mol. The van der Waals surface area contributed by atoms with E-state index in [9.17, 15) is 4.79 Å². The predicted molar refractivity (Wildman–Crippen MR) is 103 cm³/mol. The van der Waals surface area contributed by atoms with E-state index in [-0.39, 0.29) is 12.5 Å². The van der Waals surface area contributed by atoms with Crippen molar-refractivity contribution in [3.63, 3.8) is 0 Å². The Kier molecular flexibility index (Phi) is 7.18. The van der Waals surface area contributed by atoms with Gasteiger partial charge in [0.25, 0.3) is 0 Å². The second kappa shape index (κ2) is 9.36. The van der Waals surface area contributed by atoms with Crippen LogP contribution in [0.5, 0.6) is 17.2 Å². The minimum Gasteiger partial charge on any atom is -0.496 e. The van der Waals surface area contributed by atoms with Gasteiger partial charge < -0.3 is 19.5 Å². The standard InChI is InChI=1S/C19H19Cl2NO4/c1-24-16-10-18(26-3)17(25-2)8-13(16)11-22-19(23)7-5-12-4-6-14(20)9-15(12)21/h4-10H,11H2,1-3H3,(H,22,23)/b7-5+. The Morgan fingerprint density at radius 3 is 2.27 bits per heavy atom. The average Bonchev–Trinajstić information content (AvgIpc) is 2.64. The third-order valence-corrected chi connectivity index (χ3v) is 4.18. The van der Waals surface area contributed by atoms with Crippen molar-refractivity contribution in [3.8, 4) is 17.2 Å². The first kappa shape index (κ1) is 19.9. The van der Waals surface area contributed by atoms with E-state index in [1.165, 1.54) is 6.08 Å². The largest absolute Gasteiger partial charge is 0.496 e. The number of methoxy groups -OCH3 is 3. The zero-order valence-electron chi connectivity index (χ0n) is 14.6. The molecule has 1 N–H and O–H groups in total. The van der Waals surface area contributed by atoms with E-state index < -0.39 is 0 Å². The van der Waals surface area contributed by atoms with Gasteiger partial charge in [0, 0.05) is 34.3 Å². The van der Waals surface area contributed by atoms with E-state index in [1.54, 1.807) is 57.7 Å². The lowest BCUT2D eigenvalue weighted by atomic mass is 10.1. The quantitative estimate of drug-likeness (QED) is 0.708. The van der Waals surface area contributed by atoms with Crippen LogP contribution >= 0.6 is 23.2 Å². The highest BCUT2D eigenvalue weighted by molar-refractivity contribution is 6.35.